The van der Waals surface area contributed by atoms with E-state index in [0.717, 1.165) is 0 Å². The van der Waals surface area contributed by atoms with Gasteiger partial charge in [0.1, 0.15) is 19.0 Å². The number of hydrogen-bond donors (Lipinski definition) is 1. The fourth-order valence-electron chi connectivity index (χ4n) is 3.50. The predicted octanol–water partition coefficient (Wildman–Crippen LogP) is 0.463. The summed E-state index contributed by atoms with van der Waals surface area (Å²) in [6, 6.07) is 5.88. The highest BCUT2D eigenvalue weighted by molar-refractivity contribution is 6.04. The van der Waals surface area contributed by atoms with E-state index in [-0.39, 0.29) is 25.2 Å². The molecule has 1 saturated heterocycles. The molecule has 0 spiro atoms. The average Bonchev–Trinajstić information content (AvgIpc) is 3.33. The number of carbonyl (C=O) groups is 3. The number of rotatable bonds is 4. The van der Waals surface area contributed by atoms with E-state index in [1.807, 2.05) is 0 Å². The second-order valence-corrected chi connectivity index (χ2v) is 7.01. The zero-order valence-electron chi connectivity index (χ0n) is 16.2. The van der Waals surface area contributed by atoms with Crippen molar-refractivity contribution in [1.29, 1.82) is 0 Å². The quantitative estimate of drug-likeness (QED) is 0.483. The van der Waals surface area contributed by atoms with Gasteiger partial charge in [-0.2, -0.15) is 5.10 Å². The summed E-state index contributed by atoms with van der Waals surface area (Å²) < 4.78 is 15.0. The lowest BCUT2D eigenvalue weighted by Crippen LogP contribution is -2.39. The Morgan fingerprint density at radius 1 is 1.26 bits per heavy atom. The SMILES string of the molecule is NC(=O)c1nn(CC(=O)N2C[C@H](F)C[C@H]2C=O)c2ccc(C#Cc3ncccn3)cc12. The molecule has 1 aliphatic heterocycles. The smallest absolute Gasteiger partial charge is 0.269 e. The Bertz CT molecular complexity index is 1230. The molecular weight excluding hydrogens is 403 g/mol. The summed E-state index contributed by atoms with van der Waals surface area (Å²) in [4.78, 5) is 45.0. The molecule has 1 aliphatic rings. The molecule has 2 atom stereocenters. The van der Waals surface area contributed by atoms with E-state index in [0.29, 0.717) is 28.6 Å². The Balaban J connectivity index is 1.66. The molecule has 0 aliphatic carbocycles. The van der Waals surface area contributed by atoms with Crippen LogP contribution in [0, 0.1) is 11.8 Å². The number of nitrogens with zero attached hydrogens (tertiary/aromatic N) is 5. The second kappa shape index (κ2) is 8.31. The maximum Gasteiger partial charge on any atom is 0.269 e. The van der Waals surface area contributed by atoms with Crippen LogP contribution in [0.2, 0.25) is 0 Å². The molecule has 31 heavy (non-hydrogen) atoms. The Labute approximate surface area is 176 Å². The van der Waals surface area contributed by atoms with E-state index in [9.17, 15) is 18.8 Å². The Morgan fingerprint density at radius 2 is 2.03 bits per heavy atom. The van der Waals surface area contributed by atoms with Crippen molar-refractivity contribution in [1.82, 2.24) is 24.6 Å². The van der Waals surface area contributed by atoms with Gasteiger partial charge >= 0.3 is 0 Å². The van der Waals surface area contributed by atoms with E-state index in [1.165, 1.54) is 9.58 Å². The molecule has 2 N–H and O–H groups in total. The molecule has 9 nitrogen and oxygen atoms in total. The van der Waals surface area contributed by atoms with Gasteiger partial charge in [-0.1, -0.05) is 5.92 Å². The van der Waals surface area contributed by atoms with Gasteiger partial charge in [0.25, 0.3) is 5.91 Å². The van der Waals surface area contributed by atoms with Gasteiger partial charge in [0, 0.05) is 29.8 Å². The first-order valence-electron chi connectivity index (χ1n) is 9.44. The lowest BCUT2D eigenvalue weighted by Gasteiger charge is -2.20. The van der Waals surface area contributed by atoms with Crippen LogP contribution in [0.15, 0.2) is 36.7 Å². The molecule has 2 aromatic heterocycles. The van der Waals surface area contributed by atoms with Crippen molar-refractivity contribution in [3.8, 4) is 11.8 Å². The van der Waals surface area contributed by atoms with Gasteiger partial charge < -0.3 is 15.4 Å². The topological polar surface area (TPSA) is 124 Å². The van der Waals surface area contributed by atoms with Crippen LogP contribution < -0.4 is 5.73 Å². The molecule has 1 fully saturated rings. The van der Waals surface area contributed by atoms with Crippen molar-refractivity contribution >= 4 is 29.0 Å². The summed E-state index contributed by atoms with van der Waals surface area (Å²) in [5.74, 6) is 4.85. The van der Waals surface area contributed by atoms with Gasteiger partial charge in [0.2, 0.25) is 11.7 Å². The number of fused-ring (bicyclic) bond motifs is 1. The van der Waals surface area contributed by atoms with Crippen molar-refractivity contribution in [2.24, 2.45) is 5.73 Å². The molecule has 2 amide bonds. The monoisotopic (exact) mass is 420 g/mol. The molecule has 156 valence electrons. The number of primary amides is 1. The number of aromatic nitrogens is 4. The number of benzene rings is 1. The van der Waals surface area contributed by atoms with Gasteiger partial charge in [0.05, 0.1) is 18.1 Å². The molecule has 0 unspecified atom stereocenters. The van der Waals surface area contributed by atoms with Gasteiger partial charge in [-0.3, -0.25) is 14.3 Å². The van der Waals surface area contributed by atoms with Gasteiger partial charge in [-0.15, -0.1) is 0 Å². The van der Waals surface area contributed by atoms with Crippen LogP contribution in [0.25, 0.3) is 10.9 Å². The van der Waals surface area contributed by atoms with Crippen LogP contribution in [0.1, 0.15) is 28.3 Å². The number of amides is 2. The van der Waals surface area contributed by atoms with Gasteiger partial charge in [-0.05, 0) is 30.2 Å². The highest BCUT2D eigenvalue weighted by Gasteiger charge is 2.35. The Morgan fingerprint density at radius 3 is 2.74 bits per heavy atom. The maximum atomic E-state index is 13.7. The van der Waals surface area contributed by atoms with Crippen molar-refractivity contribution in [3.63, 3.8) is 0 Å². The summed E-state index contributed by atoms with van der Waals surface area (Å²) in [5.41, 5.74) is 6.51. The minimum atomic E-state index is -1.25. The molecule has 10 heteroatoms. The zero-order valence-corrected chi connectivity index (χ0v) is 16.2. The highest BCUT2D eigenvalue weighted by Crippen LogP contribution is 2.23. The first-order chi connectivity index (χ1) is 15.0. The molecule has 3 aromatic rings. The van der Waals surface area contributed by atoms with Crippen LogP contribution >= 0.6 is 0 Å². The molecule has 0 saturated carbocycles. The third-order valence-electron chi connectivity index (χ3n) is 4.92. The lowest BCUT2D eigenvalue weighted by molar-refractivity contribution is -0.135. The normalized spacial score (nSPS) is 17.9. The second-order valence-electron chi connectivity index (χ2n) is 7.01. The first kappa shape index (κ1) is 20.2. The number of likely N-dealkylation sites (tertiary alicyclic amines) is 1. The van der Waals surface area contributed by atoms with Crippen LogP contribution in [0.5, 0.6) is 0 Å². The summed E-state index contributed by atoms with van der Waals surface area (Å²) in [6.45, 7) is -0.408. The molecule has 0 bridgehead atoms. The summed E-state index contributed by atoms with van der Waals surface area (Å²) in [6.07, 6.45) is 2.45. The number of alkyl halides is 1. The largest absolute Gasteiger partial charge is 0.364 e. The van der Waals surface area contributed by atoms with E-state index in [1.54, 1.807) is 36.7 Å². The molecule has 0 radical (unpaired) electrons. The molecule has 1 aromatic carbocycles. The van der Waals surface area contributed by atoms with Crippen LogP contribution in [-0.4, -0.2) is 61.5 Å². The van der Waals surface area contributed by atoms with E-state index >= 15 is 0 Å². The van der Waals surface area contributed by atoms with Crippen molar-refractivity contribution < 1.29 is 18.8 Å². The Kier molecular flexibility index (Phi) is 5.41. The van der Waals surface area contributed by atoms with Gasteiger partial charge in [-0.25, -0.2) is 14.4 Å². The van der Waals surface area contributed by atoms with Crippen molar-refractivity contribution in [2.75, 3.05) is 6.54 Å². The average molecular weight is 420 g/mol. The number of nitrogens with two attached hydrogens (primary N) is 1. The van der Waals surface area contributed by atoms with Crippen molar-refractivity contribution in [3.05, 3.63) is 53.7 Å². The van der Waals surface area contributed by atoms with E-state index in [4.69, 9.17) is 5.73 Å². The van der Waals surface area contributed by atoms with Crippen LogP contribution in [0.4, 0.5) is 4.39 Å². The fraction of sp³-hybridized carbons (Fsp3) is 0.238. The Hall–Kier alpha value is -4.13. The number of hydrogen-bond acceptors (Lipinski definition) is 6. The third kappa shape index (κ3) is 4.11. The fourth-order valence-corrected chi connectivity index (χ4v) is 3.50. The number of aldehydes is 1. The van der Waals surface area contributed by atoms with Crippen LogP contribution in [0.3, 0.4) is 0 Å². The molecular formula is C21H17FN6O3. The van der Waals surface area contributed by atoms with Crippen molar-refractivity contribution in [2.45, 2.75) is 25.2 Å². The van der Waals surface area contributed by atoms with E-state index < -0.39 is 24.0 Å². The van der Waals surface area contributed by atoms with Crippen LogP contribution in [-0.2, 0) is 16.1 Å². The summed E-state index contributed by atoms with van der Waals surface area (Å²) in [5, 5.41) is 4.60. The predicted molar refractivity (Wildman–Crippen MR) is 107 cm³/mol. The minimum absolute atomic E-state index is 0.0147. The first-order valence-corrected chi connectivity index (χ1v) is 9.44. The standard InChI is InChI=1S/C21H17FN6O3/c22-14-9-15(12-29)27(10-14)19(30)11-28-17-4-2-13(3-5-18-24-6-1-7-25-18)8-16(17)20(26-28)21(23)31/h1-2,4,6-8,12,14-15H,9-11H2,(H2,23,31)/t14-,15+/m1/s1. The number of halogens is 1. The highest BCUT2D eigenvalue weighted by atomic mass is 19.1. The molecule has 4 rings (SSSR count). The third-order valence-corrected chi connectivity index (χ3v) is 4.92. The van der Waals surface area contributed by atoms with Gasteiger partial charge in [0.15, 0.2) is 5.69 Å². The molecule has 3 heterocycles. The minimum Gasteiger partial charge on any atom is -0.364 e. The summed E-state index contributed by atoms with van der Waals surface area (Å²) in [7, 11) is 0. The summed E-state index contributed by atoms with van der Waals surface area (Å²) >= 11 is 0. The maximum absolute atomic E-state index is 13.7. The zero-order chi connectivity index (χ0) is 22.0. The number of carbonyl (C=O) groups excluding carboxylic acids is 3. The van der Waals surface area contributed by atoms with E-state index in [2.05, 4.69) is 26.9 Å². The lowest BCUT2D eigenvalue weighted by atomic mass is 10.1.